The van der Waals surface area contributed by atoms with E-state index in [0.29, 0.717) is 22.2 Å². The predicted molar refractivity (Wildman–Crippen MR) is 110 cm³/mol. The highest BCUT2D eigenvalue weighted by atomic mass is 16.5. The number of rotatable bonds is 5. The molecule has 1 unspecified atom stereocenters. The molecule has 1 atom stereocenters. The summed E-state index contributed by atoms with van der Waals surface area (Å²) in [4.78, 5) is 29.0. The molecule has 0 spiro atoms. The largest absolute Gasteiger partial charge is 0.479 e. The Hall–Kier alpha value is -4.00. The summed E-state index contributed by atoms with van der Waals surface area (Å²) in [6, 6.07) is 16.2. The lowest BCUT2D eigenvalue weighted by atomic mass is 10.2. The van der Waals surface area contributed by atoms with Gasteiger partial charge in [0.25, 0.3) is 5.91 Å². The van der Waals surface area contributed by atoms with Crippen LogP contribution in [0.1, 0.15) is 12.5 Å². The third kappa shape index (κ3) is 3.84. The minimum Gasteiger partial charge on any atom is -0.479 e. The fourth-order valence-electron chi connectivity index (χ4n) is 2.85. The van der Waals surface area contributed by atoms with Gasteiger partial charge in [0.15, 0.2) is 6.10 Å². The first-order valence-electron chi connectivity index (χ1n) is 8.97. The molecule has 2 heterocycles. The van der Waals surface area contributed by atoms with Crippen molar-refractivity contribution < 1.29 is 13.9 Å². The molecule has 0 fully saturated rings. The van der Waals surface area contributed by atoms with Gasteiger partial charge < -0.3 is 9.15 Å². The molecule has 29 heavy (non-hydrogen) atoms. The van der Waals surface area contributed by atoms with Crippen molar-refractivity contribution in [1.82, 2.24) is 10.4 Å². The van der Waals surface area contributed by atoms with Crippen LogP contribution in [0.3, 0.4) is 0 Å². The summed E-state index contributed by atoms with van der Waals surface area (Å²) in [7, 11) is 0. The van der Waals surface area contributed by atoms with Crippen molar-refractivity contribution in [3.63, 3.8) is 0 Å². The molecule has 0 bridgehead atoms. The maximum atomic E-state index is 12.4. The number of ether oxygens (including phenoxy) is 1. The highest BCUT2D eigenvalue weighted by Crippen LogP contribution is 2.23. The van der Waals surface area contributed by atoms with Crippen LogP contribution >= 0.6 is 0 Å². The van der Waals surface area contributed by atoms with Crippen LogP contribution in [0.5, 0.6) is 5.75 Å². The molecule has 0 radical (unpaired) electrons. The molecule has 0 saturated heterocycles. The second-order valence-corrected chi connectivity index (χ2v) is 6.34. The van der Waals surface area contributed by atoms with E-state index >= 15 is 0 Å². The third-order valence-corrected chi connectivity index (χ3v) is 4.35. The first-order valence-corrected chi connectivity index (χ1v) is 8.97. The highest BCUT2D eigenvalue weighted by molar-refractivity contribution is 5.88. The molecular formula is C22H17N3O4. The Labute approximate surface area is 165 Å². The molecule has 4 aromatic rings. The number of aromatic nitrogens is 1. The van der Waals surface area contributed by atoms with Crippen molar-refractivity contribution in [2.45, 2.75) is 13.0 Å². The van der Waals surface area contributed by atoms with E-state index in [0.717, 1.165) is 5.39 Å². The lowest BCUT2D eigenvalue weighted by molar-refractivity contribution is -0.127. The van der Waals surface area contributed by atoms with Crippen LogP contribution in [-0.2, 0) is 4.79 Å². The van der Waals surface area contributed by atoms with Crippen LogP contribution in [0.2, 0.25) is 0 Å². The van der Waals surface area contributed by atoms with Crippen LogP contribution in [0, 0.1) is 0 Å². The maximum absolute atomic E-state index is 12.4. The van der Waals surface area contributed by atoms with Gasteiger partial charge in [-0.2, -0.15) is 5.10 Å². The zero-order chi connectivity index (χ0) is 20.2. The lowest BCUT2D eigenvalue weighted by Crippen LogP contribution is -2.33. The summed E-state index contributed by atoms with van der Waals surface area (Å²) >= 11 is 0. The molecule has 0 aliphatic rings. The van der Waals surface area contributed by atoms with Crippen molar-refractivity contribution >= 4 is 34.0 Å². The summed E-state index contributed by atoms with van der Waals surface area (Å²) < 4.78 is 11.2. The molecule has 144 valence electrons. The SMILES string of the molecule is CC(Oc1cccc2cccnc12)C(=O)N/N=C/c1coc2ccccc2c1=O. The van der Waals surface area contributed by atoms with E-state index in [1.165, 1.54) is 12.5 Å². The van der Waals surface area contributed by atoms with E-state index in [-0.39, 0.29) is 11.0 Å². The first-order chi connectivity index (χ1) is 14.1. The Morgan fingerprint density at radius 3 is 2.90 bits per heavy atom. The summed E-state index contributed by atoms with van der Waals surface area (Å²) in [6.07, 6.45) is 3.41. The number of amides is 1. The van der Waals surface area contributed by atoms with Crippen molar-refractivity contribution in [2.24, 2.45) is 5.10 Å². The van der Waals surface area contributed by atoms with Gasteiger partial charge in [0.1, 0.15) is 23.1 Å². The summed E-state index contributed by atoms with van der Waals surface area (Å²) in [5.74, 6) is 0.0456. The third-order valence-electron chi connectivity index (χ3n) is 4.35. The molecule has 1 N–H and O–H groups in total. The van der Waals surface area contributed by atoms with Gasteiger partial charge in [0.2, 0.25) is 5.43 Å². The predicted octanol–water partition coefficient (Wildman–Crippen LogP) is 3.26. The number of para-hydroxylation sites is 2. The van der Waals surface area contributed by atoms with Crippen molar-refractivity contribution in [3.8, 4) is 5.75 Å². The van der Waals surface area contributed by atoms with E-state index < -0.39 is 12.0 Å². The average molecular weight is 387 g/mol. The first kappa shape index (κ1) is 18.4. The standard InChI is InChI=1S/C22H17N3O4/c1-14(29-19-10-4-6-15-7-5-11-23-20(15)19)22(27)25-24-12-16-13-28-18-9-3-2-8-17(18)21(16)26/h2-14H,1H3,(H,25,27)/b24-12+. The minimum atomic E-state index is -0.812. The Morgan fingerprint density at radius 1 is 1.17 bits per heavy atom. The number of benzene rings is 2. The van der Waals surface area contributed by atoms with Gasteiger partial charge in [-0.3, -0.25) is 14.6 Å². The average Bonchev–Trinajstić information content (AvgIpc) is 2.75. The number of pyridine rings is 1. The number of hydrogen-bond acceptors (Lipinski definition) is 6. The quantitative estimate of drug-likeness (QED) is 0.419. The zero-order valence-corrected chi connectivity index (χ0v) is 15.5. The summed E-state index contributed by atoms with van der Waals surface area (Å²) in [5, 5.41) is 5.22. The van der Waals surface area contributed by atoms with Crippen molar-refractivity contribution in [3.05, 3.63) is 82.8 Å². The zero-order valence-electron chi connectivity index (χ0n) is 15.5. The molecule has 1 amide bonds. The van der Waals surface area contributed by atoms with Gasteiger partial charge in [-0.15, -0.1) is 0 Å². The monoisotopic (exact) mass is 387 g/mol. The number of nitrogens with zero attached hydrogens (tertiary/aromatic N) is 2. The smallest absolute Gasteiger partial charge is 0.280 e. The molecule has 2 aromatic carbocycles. The molecule has 2 aromatic heterocycles. The number of nitrogens with one attached hydrogen (secondary N) is 1. The second-order valence-electron chi connectivity index (χ2n) is 6.34. The molecular weight excluding hydrogens is 370 g/mol. The Morgan fingerprint density at radius 2 is 2.00 bits per heavy atom. The van der Waals surface area contributed by atoms with Crippen LogP contribution in [0.25, 0.3) is 21.9 Å². The highest BCUT2D eigenvalue weighted by Gasteiger charge is 2.16. The lowest BCUT2D eigenvalue weighted by Gasteiger charge is -2.14. The van der Waals surface area contributed by atoms with Gasteiger partial charge in [-0.05, 0) is 31.2 Å². The minimum absolute atomic E-state index is 0.226. The topological polar surface area (TPSA) is 93.8 Å². The fraction of sp³-hybridized carbons (Fsp3) is 0.0909. The van der Waals surface area contributed by atoms with Crippen LogP contribution < -0.4 is 15.6 Å². The van der Waals surface area contributed by atoms with Crippen LogP contribution in [-0.4, -0.2) is 23.2 Å². The van der Waals surface area contributed by atoms with Crippen molar-refractivity contribution in [1.29, 1.82) is 0 Å². The van der Waals surface area contributed by atoms with Crippen LogP contribution in [0.4, 0.5) is 0 Å². The summed E-state index contributed by atoms with van der Waals surface area (Å²) in [5.41, 5.74) is 3.55. The number of carbonyl (C=O) groups excluding carboxylic acids is 1. The second kappa shape index (κ2) is 7.93. The van der Waals surface area contributed by atoms with Crippen LogP contribution in [0.15, 0.2) is 81.4 Å². The van der Waals surface area contributed by atoms with Gasteiger partial charge in [-0.25, -0.2) is 5.43 Å². The summed E-state index contributed by atoms with van der Waals surface area (Å²) in [6.45, 7) is 1.61. The number of hydrazone groups is 1. The van der Waals surface area contributed by atoms with Gasteiger partial charge >= 0.3 is 0 Å². The Balaban J connectivity index is 1.45. The Kier molecular flexibility index (Phi) is 5.03. The number of fused-ring (bicyclic) bond motifs is 2. The molecule has 7 nitrogen and oxygen atoms in total. The van der Waals surface area contributed by atoms with Crippen molar-refractivity contribution in [2.75, 3.05) is 0 Å². The normalized spacial score (nSPS) is 12.3. The van der Waals surface area contributed by atoms with Gasteiger partial charge in [0.05, 0.1) is 17.2 Å². The Bertz CT molecular complexity index is 1270. The van der Waals surface area contributed by atoms with Gasteiger partial charge in [0, 0.05) is 11.6 Å². The molecule has 0 aliphatic carbocycles. The van der Waals surface area contributed by atoms with E-state index in [1.54, 1.807) is 43.5 Å². The maximum Gasteiger partial charge on any atom is 0.280 e. The number of hydrogen-bond donors (Lipinski definition) is 1. The van der Waals surface area contributed by atoms with E-state index in [4.69, 9.17) is 9.15 Å². The van der Waals surface area contributed by atoms with Gasteiger partial charge in [-0.1, -0.05) is 30.3 Å². The molecule has 0 saturated carbocycles. The number of carbonyl (C=O) groups is 1. The van der Waals surface area contributed by atoms with E-state index in [2.05, 4.69) is 15.5 Å². The molecule has 4 rings (SSSR count). The molecule has 0 aliphatic heterocycles. The fourth-order valence-corrected chi connectivity index (χ4v) is 2.85. The molecule has 7 heteroatoms. The van der Waals surface area contributed by atoms with E-state index in [1.807, 2.05) is 24.3 Å². The van der Waals surface area contributed by atoms with E-state index in [9.17, 15) is 9.59 Å².